The van der Waals surface area contributed by atoms with Crippen LogP contribution in [0.5, 0.6) is 0 Å². The second kappa shape index (κ2) is 8.30. The van der Waals surface area contributed by atoms with Gasteiger partial charge in [0, 0.05) is 35.7 Å². The molecule has 3 heteroatoms. The van der Waals surface area contributed by atoms with Gasteiger partial charge in [0.15, 0.2) is 5.78 Å². The van der Waals surface area contributed by atoms with Crippen LogP contribution in [0, 0.1) is 11.3 Å². The van der Waals surface area contributed by atoms with Crippen molar-refractivity contribution in [2.24, 2.45) is 11.3 Å². The quantitative estimate of drug-likeness (QED) is 0.572. The Morgan fingerprint density at radius 3 is 2.29 bits per heavy atom. The summed E-state index contributed by atoms with van der Waals surface area (Å²) in [5, 5.41) is 0. The van der Waals surface area contributed by atoms with Gasteiger partial charge in [-0.2, -0.15) is 0 Å². The summed E-state index contributed by atoms with van der Waals surface area (Å²) in [7, 11) is 0. The zero-order chi connectivity index (χ0) is 22.2. The average molecular weight is 414 g/mol. The third-order valence-corrected chi connectivity index (χ3v) is 6.32. The van der Waals surface area contributed by atoms with Crippen LogP contribution in [0.25, 0.3) is 6.08 Å². The highest BCUT2D eigenvalue weighted by molar-refractivity contribution is 6.07. The Morgan fingerprint density at radius 2 is 1.65 bits per heavy atom. The molecule has 31 heavy (non-hydrogen) atoms. The number of carbonyl (C=O) groups excluding carboxylic acids is 2. The molecule has 1 unspecified atom stereocenters. The van der Waals surface area contributed by atoms with E-state index in [0.717, 1.165) is 28.9 Å². The smallest absolute Gasteiger partial charge is 0.232 e. The number of benzene rings is 2. The lowest BCUT2D eigenvalue weighted by atomic mass is 9.70. The van der Waals surface area contributed by atoms with Crippen molar-refractivity contribution in [1.29, 1.82) is 0 Å². The highest BCUT2D eigenvalue weighted by Crippen LogP contribution is 2.45. The van der Waals surface area contributed by atoms with Crippen LogP contribution in [0.2, 0.25) is 0 Å². The Morgan fingerprint density at radius 1 is 0.968 bits per heavy atom. The fraction of sp³-hybridized carbons (Fsp3) is 0.357. The Kier molecular flexibility index (Phi) is 5.70. The first-order valence-electron chi connectivity index (χ1n) is 11.2. The topological polar surface area (TPSA) is 37.4 Å². The van der Waals surface area contributed by atoms with Crippen molar-refractivity contribution in [2.45, 2.75) is 52.9 Å². The van der Waals surface area contributed by atoms with Gasteiger partial charge < -0.3 is 0 Å². The molecular formula is C28H31NO2. The normalized spacial score (nSPS) is 21.2. The largest absolute Gasteiger partial charge is 0.294 e. The number of hydrogen-bond acceptors (Lipinski definition) is 2. The van der Waals surface area contributed by atoms with Crippen LogP contribution in [-0.2, 0) is 9.59 Å². The summed E-state index contributed by atoms with van der Waals surface area (Å²) in [5.41, 5.74) is 4.73. The lowest BCUT2D eigenvalue weighted by Gasteiger charge is -2.42. The van der Waals surface area contributed by atoms with Gasteiger partial charge in [-0.25, -0.2) is 0 Å². The number of rotatable bonds is 4. The molecule has 0 N–H and O–H groups in total. The van der Waals surface area contributed by atoms with Crippen molar-refractivity contribution in [3.05, 3.63) is 83.1 Å². The summed E-state index contributed by atoms with van der Waals surface area (Å²) >= 11 is 0. The first-order chi connectivity index (χ1) is 14.7. The van der Waals surface area contributed by atoms with E-state index in [-0.39, 0.29) is 23.0 Å². The molecule has 1 heterocycles. The number of carbonyl (C=O) groups is 2. The van der Waals surface area contributed by atoms with Gasteiger partial charge >= 0.3 is 0 Å². The molecule has 160 valence electrons. The fourth-order valence-electron chi connectivity index (χ4n) is 4.72. The predicted octanol–water partition coefficient (Wildman–Crippen LogP) is 6.52. The molecule has 1 amide bonds. The first-order valence-corrected chi connectivity index (χ1v) is 11.2. The van der Waals surface area contributed by atoms with Crippen molar-refractivity contribution in [1.82, 2.24) is 0 Å². The minimum Gasteiger partial charge on any atom is -0.294 e. The predicted molar refractivity (Wildman–Crippen MR) is 127 cm³/mol. The molecule has 1 aliphatic carbocycles. The Balaban J connectivity index is 1.77. The van der Waals surface area contributed by atoms with Crippen LogP contribution in [0.1, 0.15) is 64.0 Å². The molecule has 0 spiro atoms. The minimum atomic E-state index is -0.169. The van der Waals surface area contributed by atoms with Crippen molar-refractivity contribution in [3.8, 4) is 0 Å². The van der Waals surface area contributed by atoms with E-state index in [1.165, 1.54) is 5.56 Å². The molecule has 2 aromatic rings. The number of ketones is 1. The van der Waals surface area contributed by atoms with Crippen LogP contribution in [0.4, 0.5) is 5.69 Å². The van der Waals surface area contributed by atoms with Gasteiger partial charge in [-0.05, 0) is 41.0 Å². The van der Waals surface area contributed by atoms with Crippen LogP contribution in [-0.4, -0.2) is 11.7 Å². The van der Waals surface area contributed by atoms with Crippen molar-refractivity contribution in [3.63, 3.8) is 0 Å². The maximum atomic E-state index is 13.4. The second-order valence-electron chi connectivity index (χ2n) is 9.86. The SMILES string of the molecule is CC(C)c1ccc(N2C(=O)CC(/C=C/c3ccccc3)C3=C2CC(C)(C)CC3=O)cc1. The lowest BCUT2D eigenvalue weighted by Crippen LogP contribution is -2.44. The zero-order valence-electron chi connectivity index (χ0n) is 18.9. The maximum absolute atomic E-state index is 13.4. The molecule has 1 atom stereocenters. The number of nitrogens with zero attached hydrogens (tertiary/aromatic N) is 1. The van der Waals surface area contributed by atoms with Gasteiger partial charge in [0.2, 0.25) is 5.91 Å². The van der Waals surface area contributed by atoms with E-state index in [1.54, 1.807) is 0 Å². The van der Waals surface area contributed by atoms with Crippen molar-refractivity contribution < 1.29 is 9.59 Å². The van der Waals surface area contributed by atoms with E-state index in [0.29, 0.717) is 18.8 Å². The van der Waals surface area contributed by atoms with Gasteiger partial charge in [-0.3, -0.25) is 14.5 Å². The van der Waals surface area contributed by atoms with Crippen LogP contribution < -0.4 is 4.90 Å². The summed E-state index contributed by atoms with van der Waals surface area (Å²) in [6.07, 6.45) is 5.64. The zero-order valence-corrected chi connectivity index (χ0v) is 18.9. The maximum Gasteiger partial charge on any atom is 0.232 e. The van der Waals surface area contributed by atoms with Crippen LogP contribution in [0.15, 0.2) is 71.9 Å². The second-order valence-corrected chi connectivity index (χ2v) is 9.86. The highest BCUT2D eigenvalue weighted by atomic mass is 16.2. The van der Waals surface area contributed by atoms with Crippen LogP contribution in [0.3, 0.4) is 0 Å². The molecular weight excluding hydrogens is 382 g/mol. The van der Waals surface area contributed by atoms with Gasteiger partial charge in [0.25, 0.3) is 0 Å². The van der Waals surface area contributed by atoms with Gasteiger partial charge in [-0.15, -0.1) is 0 Å². The third kappa shape index (κ3) is 4.41. The molecule has 2 aliphatic rings. The van der Waals surface area contributed by atoms with Gasteiger partial charge in [0.05, 0.1) is 0 Å². The standard InChI is InChI=1S/C28H31NO2/c1-19(2)21-12-14-23(15-13-21)29-24-17-28(3,4)18-25(30)27(24)22(16-26(29)31)11-10-20-8-6-5-7-9-20/h5-15,19,22H,16-18H2,1-4H3/b11-10+. The van der Waals surface area contributed by atoms with Crippen LogP contribution >= 0.6 is 0 Å². The fourth-order valence-corrected chi connectivity index (χ4v) is 4.72. The van der Waals surface area contributed by atoms with Crippen molar-refractivity contribution >= 4 is 23.5 Å². The Hall–Kier alpha value is -2.94. The molecule has 0 fully saturated rings. The monoisotopic (exact) mass is 413 g/mol. The average Bonchev–Trinajstić information content (AvgIpc) is 2.71. The first kappa shape index (κ1) is 21.3. The summed E-state index contributed by atoms with van der Waals surface area (Å²) in [4.78, 5) is 28.4. The van der Waals surface area contributed by atoms with Gasteiger partial charge in [-0.1, -0.05) is 82.3 Å². The van der Waals surface area contributed by atoms with E-state index < -0.39 is 0 Å². The number of allylic oxidation sites excluding steroid dienone is 3. The van der Waals surface area contributed by atoms with E-state index in [2.05, 4.69) is 39.8 Å². The number of anilines is 1. The Labute approximate surface area is 185 Å². The third-order valence-electron chi connectivity index (χ3n) is 6.32. The number of amides is 1. The summed E-state index contributed by atoms with van der Waals surface area (Å²) < 4.78 is 0. The van der Waals surface area contributed by atoms with E-state index in [1.807, 2.05) is 59.5 Å². The van der Waals surface area contributed by atoms with E-state index in [4.69, 9.17) is 0 Å². The van der Waals surface area contributed by atoms with E-state index in [9.17, 15) is 9.59 Å². The summed E-state index contributed by atoms with van der Waals surface area (Å²) in [5.74, 6) is 0.496. The highest BCUT2D eigenvalue weighted by Gasteiger charge is 2.43. The summed E-state index contributed by atoms with van der Waals surface area (Å²) in [6.45, 7) is 8.55. The van der Waals surface area contributed by atoms with E-state index >= 15 is 0 Å². The molecule has 0 saturated heterocycles. The minimum absolute atomic E-state index is 0.0595. The molecule has 4 rings (SSSR count). The number of hydrogen-bond donors (Lipinski definition) is 0. The van der Waals surface area contributed by atoms with Gasteiger partial charge in [0.1, 0.15) is 0 Å². The molecule has 2 aromatic carbocycles. The molecule has 0 radical (unpaired) electrons. The molecule has 1 aliphatic heterocycles. The summed E-state index contributed by atoms with van der Waals surface area (Å²) in [6, 6.07) is 18.2. The number of Topliss-reactive ketones (excluding diaryl/α,β-unsaturated/α-hetero) is 1. The Bertz CT molecular complexity index is 1040. The van der Waals surface area contributed by atoms with Crippen molar-refractivity contribution in [2.75, 3.05) is 4.90 Å². The molecule has 0 bridgehead atoms. The molecule has 0 aromatic heterocycles. The molecule has 0 saturated carbocycles. The molecule has 3 nitrogen and oxygen atoms in total. The lowest BCUT2D eigenvalue weighted by molar-refractivity contribution is -0.121.